The molecule has 0 unspecified atom stereocenters. The van der Waals surface area contributed by atoms with E-state index in [1.54, 1.807) is 18.5 Å². The molecular weight excluding hydrogens is 164 g/mol. The van der Waals surface area contributed by atoms with Crippen LogP contribution in [0.5, 0.6) is 0 Å². The quantitative estimate of drug-likeness (QED) is 0.402. The number of pyridine rings is 1. The van der Waals surface area contributed by atoms with Crippen molar-refractivity contribution in [3.8, 4) is 0 Å². The lowest BCUT2D eigenvalue weighted by molar-refractivity contribution is 0.268. The molecule has 1 aromatic rings. The van der Waals surface area contributed by atoms with Gasteiger partial charge in [-0.2, -0.15) is 0 Å². The maximum absolute atomic E-state index is 4.89. The topological polar surface area (TPSA) is 34.5 Å². The SMILES string of the molecule is CC=CO/N=C(\C)c1ccncc1. The Morgan fingerprint density at radius 3 is 2.77 bits per heavy atom. The molecule has 0 aromatic carbocycles. The van der Waals surface area contributed by atoms with Gasteiger partial charge in [-0.1, -0.05) is 5.16 Å². The molecule has 0 aliphatic heterocycles. The van der Waals surface area contributed by atoms with Crippen LogP contribution in [-0.2, 0) is 4.84 Å². The van der Waals surface area contributed by atoms with Crippen LogP contribution in [0.3, 0.4) is 0 Å². The fourth-order valence-electron chi connectivity index (χ4n) is 0.816. The van der Waals surface area contributed by atoms with Crippen LogP contribution >= 0.6 is 0 Å². The van der Waals surface area contributed by atoms with Crippen LogP contribution in [-0.4, -0.2) is 10.7 Å². The Kier molecular flexibility index (Phi) is 3.70. The number of nitrogens with zero attached hydrogens (tertiary/aromatic N) is 2. The van der Waals surface area contributed by atoms with E-state index in [-0.39, 0.29) is 0 Å². The van der Waals surface area contributed by atoms with E-state index in [0.717, 1.165) is 11.3 Å². The highest BCUT2D eigenvalue weighted by atomic mass is 16.6. The van der Waals surface area contributed by atoms with Crippen molar-refractivity contribution >= 4 is 5.71 Å². The number of hydrogen-bond donors (Lipinski definition) is 0. The minimum absolute atomic E-state index is 0.834. The lowest BCUT2D eigenvalue weighted by Crippen LogP contribution is -1.94. The van der Waals surface area contributed by atoms with Crippen LogP contribution in [0.15, 0.2) is 42.0 Å². The van der Waals surface area contributed by atoms with Crippen LogP contribution in [0, 0.1) is 0 Å². The Labute approximate surface area is 77.7 Å². The fourth-order valence-corrected chi connectivity index (χ4v) is 0.816. The van der Waals surface area contributed by atoms with E-state index in [9.17, 15) is 0 Å². The summed E-state index contributed by atoms with van der Waals surface area (Å²) in [5.74, 6) is 0. The molecule has 0 amide bonds. The Hall–Kier alpha value is -1.64. The molecule has 0 bridgehead atoms. The Balaban J connectivity index is 2.67. The average molecular weight is 176 g/mol. The zero-order chi connectivity index (χ0) is 9.52. The number of oxime groups is 1. The van der Waals surface area contributed by atoms with E-state index in [1.807, 2.05) is 26.0 Å². The molecule has 13 heavy (non-hydrogen) atoms. The first-order valence-electron chi connectivity index (χ1n) is 4.06. The molecule has 0 spiro atoms. The van der Waals surface area contributed by atoms with Crippen LogP contribution in [0.2, 0.25) is 0 Å². The van der Waals surface area contributed by atoms with Gasteiger partial charge in [-0.3, -0.25) is 4.98 Å². The summed E-state index contributed by atoms with van der Waals surface area (Å²) in [6, 6.07) is 3.77. The molecule has 0 radical (unpaired) electrons. The molecule has 1 heterocycles. The molecule has 68 valence electrons. The Morgan fingerprint density at radius 2 is 2.15 bits per heavy atom. The van der Waals surface area contributed by atoms with Crippen LogP contribution in [0.1, 0.15) is 19.4 Å². The van der Waals surface area contributed by atoms with Crippen LogP contribution in [0.4, 0.5) is 0 Å². The molecular formula is C10H12N2O. The standard InChI is InChI=1S/C10H12N2O/c1-3-8-13-12-9(2)10-4-6-11-7-5-10/h3-8H,1-2H3/b8-3?,12-9+. The fraction of sp³-hybridized carbons (Fsp3) is 0.200. The van der Waals surface area contributed by atoms with E-state index in [4.69, 9.17) is 4.84 Å². The zero-order valence-electron chi connectivity index (χ0n) is 7.77. The maximum Gasteiger partial charge on any atom is 0.117 e. The number of rotatable bonds is 3. The molecule has 0 atom stereocenters. The molecule has 0 saturated heterocycles. The molecule has 1 aromatic heterocycles. The summed E-state index contributed by atoms with van der Waals surface area (Å²) in [5.41, 5.74) is 1.85. The van der Waals surface area contributed by atoms with Crippen molar-refractivity contribution in [3.63, 3.8) is 0 Å². The van der Waals surface area contributed by atoms with Gasteiger partial charge in [-0.25, -0.2) is 0 Å². The van der Waals surface area contributed by atoms with Gasteiger partial charge in [0, 0.05) is 18.0 Å². The molecule has 0 aliphatic rings. The normalized spacial score (nSPS) is 12.0. The van der Waals surface area contributed by atoms with E-state index in [2.05, 4.69) is 10.1 Å². The van der Waals surface area contributed by atoms with Crippen molar-refractivity contribution in [2.24, 2.45) is 5.16 Å². The first-order valence-corrected chi connectivity index (χ1v) is 4.06. The average Bonchev–Trinajstić information content (AvgIpc) is 2.19. The van der Waals surface area contributed by atoms with Crippen molar-refractivity contribution in [1.29, 1.82) is 0 Å². The van der Waals surface area contributed by atoms with Crippen molar-refractivity contribution in [1.82, 2.24) is 4.98 Å². The van der Waals surface area contributed by atoms with Gasteiger partial charge in [0.15, 0.2) is 0 Å². The maximum atomic E-state index is 4.89. The van der Waals surface area contributed by atoms with Crippen molar-refractivity contribution < 1.29 is 4.84 Å². The highest BCUT2D eigenvalue weighted by molar-refractivity contribution is 5.98. The van der Waals surface area contributed by atoms with Crippen molar-refractivity contribution in [2.75, 3.05) is 0 Å². The summed E-state index contributed by atoms with van der Waals surface area (Å²) in [6.07, 6.45) is 6.77. The molecule has 3 heteroatoms. The van der Waals surface area contributed by atoms with Gasteiger partial charge in [0.1, 0.15) is 6.26 Å². The molecule has 0 aliphatic carbocycles. The van der Waals surface area contributed by atoms with Crippen molar-refractivity contribution in [2.45, 2.75) is 13.8 Å². The monoisotopic (exact) mass is 176 g/mol. The van der Waals surface area contributed by atoms with E-state index in [0.29, 0.717) is 0 Å². The minimum Gasteiger partial charge on any atom is -0.365 e. The molecule has 0 fully saturated rings. The van der Waals surface area contributed by atoms with Crippen molar-refractivity contribution in [3.05, 3.63) is 42.4 Å². The van der Waals surface area contributed by atoms with Gasteiger partial charge in [0.05, 0.1) is 5.71 Å². The van der Waals surface area contributed by atoms with Crippen LogP contribution in [0.25, 0.3) is 0 Å². The first kappa shape index (κ1) is 9.45. The largest absolute Gasteiger partial charge is 0.365 e. The predicted molar refractivity (Wildman–Crippen MR) is 52.3 cm³/mol. The summed E-state index contributed by atoms with van der Waals surface area (Å²) in [6.45, 7) is 3.76. The highest BCUT2D eigenvalue weighted by Crippen LogP contribution is 1.99. The van der Waals surface area contributed by atoms with E-state index < -0.39 is 0 Å². The molecule has 1 rings (SSSR count). The second kappa shape index (κ2) is 5.09. The summed E-state index contributed by atoms with van der Waals surface area (Å²) < 4.78 is 0. The van der Waals surface area contributed by atoms with Gasteiger partial charge >= 0.3 is 0 Å². The third-order valence-corrected chi connectivity index (χ3v) is 1.48. The second-order valence-corrected chi connectivity index (χ2v) is 2.49. The summed E-state index contributed by atoms with van der Waals surface area (Å²) in [7, 11) is 0. The van der Waals surface area contributed by atoms with Gasteiger partial charge in [0.2, 0.25) is 0 Å². The van der Waals surface area contributed by atoms with Gasteiger partial charge in [0.25, 0.3) is 0 Å². The van der Waals surface area contributed by atoms with Gasteiger partial charge < -0.3 is 4.84 Å². The van der Waals surface area contributed by atoms with E-state index in [1.165, 1.54) is 6.26 Å². The molecule has 3 nitrogen and oxygen atoms in total. The summed E-state index contributed by atoms with van der Waals surface area (Å²) in [5, 5.41) is 3.89. The second-order valence-electron chi connectivity index (χ2n) is 2.49. The lowest BCUT2D eigenvalue weighted by Gasteiger charge is -1.97. The predicted octanol–water partition coefficient (Wildman–Crippen LogP) is 2.36. The summed E-state index contributed by atoms with van der Waals surface area (Å²) in [4.78, 5) is 8.80. The molecule has 0 saturated carbocycles. The van der Waals surface area contributed by atoms with Gasteiger partial charge in [-0.15, -0.1) is 0 Å². The van der Waals surface area contributed by atoms with E-state index >= 15 is 0 Å². The highest BCUT2D eigenvalue weighted by Gasteiger charge is 1.94. The third-order valence-electron chi connectivity index (χ3n) is 1.48. The minimum atomic E-state index is 0.834. The smallest absolute Gasteiger partial charge is 0.117 e. The summed E-state index contributed by atoms with van der Waals surface area (Å²) >= 11 is 0. The lowest BCUT2D eigenvalue weighted by atomic mass is 10.2. The Bertz CT molecular complexity index is 304. The molecule has 0 N–H and O–H groups in total. The number of aromatic nitrogens is 1. The zero-order valence-corrected chi connectivity index (χ0v) is 7.77. The third kappa shape index (κ3) is 3.07. The number of allylic oxidation sites excluding steroid dienone is 1. The van der Waals surface area contributed by atoms with Crippen LogP contribution < -0.4 is 0 Å². The first-order chi connectivity index (χ1) is 6.34. The Morgan fingerprint density at radius 1 is 1.46 bits per heavy atom. The number of hydrogen-bond acceptors (Lipinski definition) is 3. The van der Waals surface area contributed by atoms with Gasteiger partial charge in [-0.05, 0) is 32.1 Å².